The highest BCUT2D eigenvalue weighted by Crippen LogP contribution is 2.32. The van der Waals surface area contributed by atoms with Crippen LogP contribution in [0.15, 0.2) is 71.9 Å². The number of sulfonamides is 1. The zero-order chi connectivity index (χ0) is 18.1. The number of carbonyl (C=O) groups excluding carboxylic acids is 1. The van der Waals surface area contributed by atoms with Crippen LogP contribution in [0.1, 0.15) is 11.6 Å². The largest absolute Gasteiger partial charge is 0.353 e. The molecule has 132 valence electrons. The molecule has 0 aliphatic carbocycles. The lowest BCUT2D eigenvalue weighted by Gasteiger charge is -2.34. The number of hydrogen-bond acceptors (Lipinski definition) is 4. The van der Waals surface area contributed by atoms with Gasteiger partial charge in [0.05, 0.1) is 4.90 Å². The maximum atomic E-state index is 13.5. The monoisotopic (exact) mass is 367 g/mol. The van der Waals surface area contributed by atoms with Gasteiger partial charge in [0.25, 0.3) is 0 Å². The lowest BCUT2D eigenvalue weighted by Crippen LogP contribution is -2.52. The fraction of sp³-hybridized carbons (Fsp3) is 0.158. The molecule has 1 aromatic heterocycles. The summed E-state index contributed by atoms with van der Waals surface area (Å²) in [6.45, 7) is 0.503. The van der Waals surface area contributed by atoms with Gasteiger partial charge in [-0.05, 0) is 17.7 Å². The van der Waals surface area contributed by atoms with Crippen LogP contribution in [-0.2, 0) is 14.8 Å². The first kappa shape index (κ1) is 16.7. The molecule has 0 saturated carbocycles. The maximum Gasteiger partial charge on any atom is 0.244 e. The van der Waals surface area contributed by atoms with Crippen LogP contribution in [0.4, 0.5) is 0 Å². The van der Waals surface area contributed by atoms with Crippen molar-refractivity contribution in [2.45, 2.75) is 10.9 Å². The van der Waals surface area contributed by atoms with E-state index in [1.54, 1.807) is 54.9 Å². The molecule has 7 heteroatoms. The minimum atomic E-state index is -3.87. The minimum Gasteiger partial charge on any atom is -0.353 e. The van der Waals surface area contributed by atoms with Crippen molar-refractivity contribution in [3.05, 3.63) is 72.6 Å². The molecule has 1 aliphatic heterocycles. The fourth-order valence-corrected chi connectivity index (χ4v) is 5.10. The summed E-state index contributed by atoms with van der Waals surface area (Å²) in [7, 11) is -3.87. The van der Waals surface area contributed by atoms with E-state index in [2.05, 4.69) is 10.3 Å². The summed E-state index contributed by atoms with van der Waals surface area (Å²) in [5.41, 5.74) is 0.648. The van der Waals surface area contributed by atoms with Crippen molar-refractivity contribution in [3.63, 3.8) is 0 Å². The Hall–Kier alpha value is -2.77. The van der Waals surface area contributed by atoms with Gasteiger partial charge in [-0.3, -0.25) is 9.78 Å². The summed E-state index contributed by atoms with van der Waals surface area (Å²) in [6.07, 6.45) is 3.20. The number of nitrogens with zero attached hydrogens (tertiary/aromatic N) is 2. The average molecular weight is 367 g/mol. The zero-order valence-corrected chi connectivity index (χ0v) is 14.7. The summed E-state index contributed by atoms with van der Waals surface area (Å²) in [4.78, 5) is 16.8. The molecular weight excluding hydrogens is 350 g/mol. The van der Waals surface area contributed by atoms with Crippen LogP contribution in [0, 0.1) is 0 Å². The number of carbonyl (C=O) groups is 1. The van der Waals surface area contributed by atoms with Crippen molar-refractivity contribution >= 4 is 26.7 Å². The Balaban J connectivity index is 1.86. The highest BCUT2D eigenvalue weighted by Gasteiger charge is 2.39. The number of benzene rings is 2. The normalized spacial score (nSPS) is 18.6. The Kier molecular flexibility index (Phi) is 4.18. The second kappa shape index (κ2) is 6.51. The first-order valence-corrected chi connectivity index (χ1v) is 9.70. The van der Waals surface area contributed by atoms with Gasteiger partial charge in [0, 0.05) is 36.3 Å². The number of nitrogens with one attached hydrogen (secondary N) is 1. The standard InChI is InChI=1S/C19H17N3O3S/c23-19-18(14-5-2-1-3-6-14)22(12-11-21-19)26(24,25)17-8-4-7-15-13-20-10-9-16(15)17/h1-10,13,18H,11-12H2,(H,21,23). The van der Waals surface area contributed by atoms with Gasteiger partial charge in [0.2, 0.25) is 15.9 Å². The van der Waals surface area contributed by atoms with E-state index >= 15 is 0 Å². The molecule has 6 nitrogen and oxygen atoms in total. The van der Waals surface area contributed by atoms with Crippen LogP contribution in [-0.4, -0.2) is 36.7 Å². The van der Waals surface area contributed by atoms with Gasteiger partial charge in [-0.25, -0.2) is 8.42 Å². The average Bonchev–Trinajstić information content (AvgIpc) is 2.68. The van der Waals surface area contributed by atoms with Crippen molar-refractivity contribution in [1.29, 1.82) is 0 Å². The van der Waals surface area contributed by atoms with Crippen LogP contribution in [0.25, 0.3) is 10.8 Å². The van der Waals surface area contributed by atoms with Gasteiger partial charge in [-0.2, -0.15) is 4.31 Å². The van der Waals surface area contributed by atoms with Gasteiger partial charge in [-0.1, -0.05) is 42.5 Å². The third kappa shape index (κ3) is 2.75. The fourth-order valence-electron chi connectivity index (χ4n) is 3.30. The van der Waals surface area contributed by atoms with Crippen LogP contribution < -0.4 is 5.32 Å². The topological polar surface area (TPSA) is 79.4 Å². The molecule has 3 aromatic rings. The van der Waals surface area contributed by atoms with E-state index in [1.807, 2.05) is 12.1 Å². The van der Waals surface area contributed by atoms with E-state index in [1.165, 1.54) is 4.31 Å². The van der Waals surface area contributed by atoms with Crippen LogP contribution in [0.2, 0.25) is 0 Å². The molecule has 1 fully saturated rings. The molecule has 26 heavy (non-hydrogen) atoms. The summed E-state index contributed by atoms with van der Waals surface area (Å²) in [5, 5.41) is 4.11. The van der Waals surface area contributed by atoms with Gasteiger partial charge in [0.15, 0.2) is 0 Å². The Labute approximate surface area is 151 Å². The molecule has 1 saturated heterocycles. The van der Waals surface area contributed by atoms with E-state index in [0.29, 0.717) is 10.9 Å². The molecule has 4 rings (SSSR count). The maximum absolute atomic E-state index is 13.5. The molecule has 0 bridgehead atoms. The van der Waals surface area contributed by atoms with Gasteiger partial charge in [-0.15, -0.1) is 0 Å². The van der Waals surface area contributed by atoms with Crippen molar-refractivity contribution < 1.29 is 13.2 Å². The Morgan fingerprint density at radius 2 is 1.85 bits per heavy atom. The smallest absolute Gasteiger partial charge is 0.244 e. The number of piperazine rings is 1. The van der Waals surface area contributed by atoms with Gasteiger partial charge < -0.3 is 5.32 Å². The molecule has 1 atom stereocenters. The number of pyridine rings is 1. The molecule has 1 unspecified atom stereocenters. The predicted octanol–water partition coefficient (Wildman–Crippen LogP) is 2.10. The van der Waals surface area contributed by atoms with Gasteiger partial charge in [0.1, 0.15) is 6.04 Å². The summed E-state index contributed by atoms with van der Waals surface area (Å²) in [5.74, 6) is -0.312. The predicted molar refractivity (Wildman–Crippen MR) is 97.8 cm³/mol. The lowest BCUT2D eigenvalue weighted by atomic mass is 10.1. The number of rotatable bonds is 3. The quantitative estimate of drug-likeness (QED) is 0.769. The SMILES string of the molecule is O=C1NCCN(S(=O)(=O)c2cccc3cnccc23)C1c1ccccc1. The Morgan fingerprint density at radius 3 is 2.65 bits per heavy atom. The van der Waals surface area contributed by atoms with Crippen molar-refractivity contribution in [2.24, 2.45) is 0 Å². The number of hydrogen-bond donors (Lipinski definition) is 1. The van der Waals surface area contributed by atoms with E-state index < -0.39 is 16.1 Å². The van der Waals surface area contributed by atoms with Crippen molar-refractivity contribution in [2.75, 3.05) is 13.1 Å². The molecule has 0 radical (unpaired) electrons. The van der Waals surface area contributed by atoms with Gasteiger partial charge >= 0.3 is 0 Å². The molecule has 1 aliphatic rings. The van der Waals surface area contributed by atoms with E-state index in [0.717, 1.165) is 5.39 Å². The number of fused-ring (bicyclic) bond motifs is 1. The number of aromatic nitrogens is 1. The highest BCUT2D eigenvalue weighted by molar-refractivity contribution is 7.89. The van der Waals surface area contributed by atoms with Crippen LogP contribution >= 0.6 is 0 Å². The van der Waals surface area contributed by atoms with E-state index in [-0.39, 0.29) is 23.9 Å². The summed E-state index contributed by atoms with van der Waals surface area (Å²) >= 11 is 0. The molecule has 0 spiro atoms. The summed E-state index contributed by atoms with van der Waals surface area (Å²) < 4.78 is 28.2. The first-order valence-electron chi connectivity index (χ1n) is 8.26. The highest BCUT2D eigenvalue weighted by atomic mass is 32.2. The third-order valence-corrected chi connectivity index (χ3v) is 6.43. The van der Waals surface area contributed by atoms with E-state index in [9.17, 15) is 13.2 Å². The molecule has 2 heterocycles. The second-order valence-corrected chi connectivity index (χ2v) is 7.93. The third-order valence-electron chi connectivity index (χ3n) is 4.51. The van der Waals surface area contributed by atoms with Crippen LogP contribution in [0.3, 0.4) is 0 Å². The second-order valence-electron chi connectivity index (χ2n) is 6.07. The Morgan fingerprint density at radius 1 is 1.04 bits per heavy atom. The Bertz CT molecular complexity index is 1060. The zero-order valence-electron chi connectivity index (χ0n) is 13.9. The lowest BCUT2D eigenvalue weighted by molar-refractivity contribution is -0.126. The summed E-state index contributed by atoms with van der Waals surface area (Å²) in [6, 6.07) is 14.9. The molecular formula is C19H17N3O3S. The first-order chi connectivity index (χ1) is 12.6. The minimum absolute atomic E-state index is 0.188. The molecule has 1 N–H and O–H groups in total. The molecule has 1 amide bonds. The molecule has 2 aromatic carbocycles. The number of amides is 1. The van der Waals surface area contributed by atoms with Crippen molar-refractivity contribution in [3.8, 4) is 0 Å². The van der Waals surface area contributed by atoms with Crippen molar-refractivity contribution in [1.82, 2.24) is 14.6 Å². The van der Waals surface area contributed by atoms with Crippen LogP contribution in [0.5, 0.6) is 0 Å². The van der Waals surface area contributed by atoms with E-state index in [4.69, 9.17) is 0 Å².